The zero-order valence-corrected chi connectivity index (χ0v) is 9.90. The minimum absolute atomic E-state index is 0.00633. The quantitative estimate of drug-likeness (QED) is 0.787. The van der Waals surface area contributed by atoms with Crippen molar-refractivity contribution in [3.63, 3.8) is 0 Å². The van der Waals surface area contributed by atoms with Crippen LogP contribution in [-0.2, 0) is 0 Å². The summed E-state index contributed by atoms with van der Waals surface area (Å²) in [5, 5.41) is 11.2. The number of rotatable bonds is 3. The van der Waals surface area contributed by atoms with E-state index in [-0.39, 0.29) is 17.1 Å². The summed E-state index contributed by atoms with van der Waals surface area (Å²) in [5.74, 6) is -2.69. The Labute approximate surface area is 107 Å². The molecule has 7 heteroatoms. The number of amides is 1. The van der Waals surface area contributed by atoms with E-state index in [1.165, 1.54) is 12.1 Å². The number of carbonyl (C=O) groups is 2. The Morgan fingerprint density at radius 1 is 1.42 bits per heavy atom. The van der Waals surface area contributed by atoms with Gasteiger partial charge in [-0.05, 0) is 18.6 Å². The summed E-state index contributed by atoms with van der Waals surface area (Å²) in [4.78, 5) is 28.7. The number of aromatic carboxylic acids is 1. The number of nitrogens with zero attached hydrogens (tertiary/aromatic N) is 1. The van der Waals surface area contributed by atoms with Crippen LogP contribution in [-0.4, -0.2) is 27.0 Å². The number of aromatic amines is 1. The molecule has 0 aliphatic carbocycles. The number of carboxylic acids is 1. The first-order valence-electron chi connectivity index (χ1n) is 5.34. The first kappa shape index (κ1) is 12.7. The van der Waals surface area contributed by atoms with E-state index in [0.29, 0.717) is 5.56 Å². The number of para-hydroxylation sites is 1. The third-order valence-electron chi connectivity index (χ3n) is 2.53. The molecule has 1 heterocycles. The van der Waals surface area contributed by atoms with Gasteiger partial charge >= 0.3 is 5.97 Å². The average molecular weight is 263 g/mol. The van der Waals surface area contributed by atoms with Gasteiger partial charge in [0.15, 0.2) is 11.4 Å². The van der Waals surface area contributed by atoms with Crippen molar-refractivity contribution in [1.29, 1.82) is 0 Å². The maximum Gasteiger partial charge on any atom is 0.354 e. The molecule has 3 N–H and O–H groups in total. The van der Waals surface area contributed by atoms with Crippen LogP contribution in [0, 0.1) is 12.7 Å². The van der Waals surface area contributed by atoms with Crippen LogP contribution in [0.4, 0.5) is 10.1 Å². The van der Waals surface area contributed by atoms with Gasteiger partial charge in [-0.2, -0.15) is 0 Å². The maximum absolute atomic E-state index is 13.6. The van der Waals surface area contributed by atoms with Crippen LogP contribution in [0.2, 0.25) is 0 Å². The number of carboxylic acid groups (broad SMARTS) is 1. The monoisotopic (exact) mass is 263 g/mol. The van der Waals surface area contributed by atoms with Gasteiger partial charge in [0.25, 0.3) is 5.91 Å². The molecule has 0 saturated heterocycles. The van der Waals surface area contributed by atoms with Crippen LogP contribution in [0.1, 0.15) is 26.5 Å². The highest BCUT2D eigenvalue weighted by molar-refractivity contribution is 6.08. The normalized spacial score (nSPS) is 10.2. The largest absolute Gasteiger partial charge is 0.477 e. The van der Waals surface area contributed by atoms with Crippen LogP contribution >= 0.6 is 0 Å². The van der Waals surface area contributed by atoms with Crippen LogP contribution in [0.3, 0.4) is 0 Å². The number of aryl methyl sites for hydroxylation is 1. The second-order valence-electron chi connectivity index (χ2n) is 3.82. The van der Waals surface area contributed by atoms with Crippen LogP contribution in [0.15, 0.2) is 24.5 Å². The van der Waals surface area contributed by atoms with E-state index in [1.807, 2.05) is 0 Å². The van der Waals surface area contributed by atoms with E-state index in [9.17, 15) is 14.0 Å². The van der Waals surface area contributed by atoms with Crippen LogP contribution in [0.25, 0.3) is 0 Å². The second-order valence-corrected chi connectivity index (χ2v) is 3.82. The molecule has 0 bridgehead atoms. The lowest BCUT2D eigenvalue weighted by molar-refractivity contribution is 0.0686. The number of benzene rings is 1. The molecule has 1 aromatic heterocycles. The lowest BCUT2D eigenvalue weighted by Gasteiger charge is -2.08. The Balaban J connectivity index is 2.31. The van der Waals surface area contributed by atoms with Gasteiger partial charge in [-0.25, -0.2) is 14.2 Å². The SMILES string of the molecule is Cc1cccc(F)c1NC(=O)c1nc[nH]c1C(=O)O. The lowest BCUT2D eigenvalue weighted by Crippen LogP contribution is -2.18. The molecule has 0 spiro atoms. The predicted octanol–water partition coefficient (Wildman–Crippen LogP) is 1.81. The molecular weight excluding hydrogens is 253 g/mol. The van der Waals surface area contributed by atoms with E-state index in [0.717, 1.165) is 6.33 Å². The molecule has 0 fully saturated rings. The zero-order valence-electron chi connectivity index (χ0n) is 9.90. The summed E-state index contributed by atoms with van der Waals surface area (Å²) >= 11 is 0. The molecule has 0 atom stereocenters. The average Bonchev–Trinajstić information content (AvgIpc) is 2.83. The Morgan fingerprint density at radius 3 is 2.79 bits per heavy atom. The van der Waals surface area contributed by atoms with Crippen molar-refractivity contribution >= 4 is 17.6 Å². The molecule has 0 saturated carbocycles. The Kier molecular flexibility index (Phi) is 3.28. The fourth-order valence-electron chi connectivity index (χ4n) is 1.59. The number of H-pyrrole nitrogens is 1. The summed E-state index contributed by atoms with van der Waals surface area (Å²) in [7, 11) is 0. The number of imidazole rings is 1. The van der Waals surface area contributed by atoms with Crippen molar-refractivity contribution in [3.8, 4) is 0 Å². The van der Waals surface area contributed by atoms with Crippen molar-refractivity contribution in [2.45, 2.75) is 6.92 Å². The van der Waals surface area contributed by atoms with Crippen LogP contribution < -0.4 is 5.32 Å². The molecule has 0 unspecified atom stereocenters. The molecule has 98 valence electrons. The second kappa shape index (κ2) is 4.89. The summed E-state index contributed by atoms with van der Waals surface area (Å²) in [6.07, 6.45) is 1.09. The molecule has 0 aliphatic heterocycles. The van der Waals surface area contributed by atoms with Gasteiger partial charge in [0.1, 0.15) is 5.82 Å². The molecule has 2 aromatic rings. The third kappa shape index (κ3) is 2.44. The van der Waals surface area contributed by atoms with Crippen molar-refractivity contribution in [3.05, 3.63) is 47.3 Å². The fraction of sp³-hybridized carbons (Fsp3) is 0.0833. The van der Waals surface area contributed by atoms with Gasteiger partial charge in [0, 0.05) is 0 Å². The number of carbonyl (C=O) groups excluding carboxylic acids is 1. The van der Waals surface area contributed by atoms with Gasteiger partial charge in [-0.15, -0.1) is 0 Å². The predicted molar refractivity (Wildman–Crippen MR) is 64.6 cm³/mol. The molecule has 19 heavy (non-hydrogen) atoms. The summed E-state index contributed by atoms with van der Waals surface area (Å²) < 4.78 is 13.6. The van der Waals surface area contributed by atoms with Gasteiger partial charge < -0.3 is 15.4 Å². The fourth-order valence-corrected chi connectivity index (χ4v) is 1.59. The van der Waals surface area contributed by atoms with Crippen LogP contribution in [0.5, 0.6) is 0 Å². The maximum atomic E-state index is 13.6. The van der Waals surface area contributed by atoms with E-state index in [4.69, 9.17) is 5.11 Å². The Morgan fingerprint density at radius 2 is 2.16 bits per heavy atom. The van der Waals surface area contributed by atoms with E-state index in [1.54, 1.807) is 13.0 Å². The van der Waals surface area contributed by atoms with Gasteiger partial charge in [-0.3, -0.25) is 4.79 Å². The molecule has 1 aromatic carbocycles. The van der Waals surface area contributed by atoms with Gasteiger partial charge in [0.2, 0.25) is 0 Å². The van der Waals surface area contributed by atoms with Crippen molar-refractivity contribution in [1.82, 2.24) is 9.97 Å². The lowest BCUT2D eigenvalue weighted by atomic mass is 10.2. The van der Waals surface area contributed by atoms with Gasteiger partial charge in [-0.1, -0.05) is 12.1 Å². The highest BCUT2D eigenvalue weighted by atomic mass is 19.1. The number of aromatic nitrogens is 2. The Hall–Kier alpha value is -2.70. The number of hydrogen-bond acceptors (Lipinski definition) is 3. The first-order chi connectivity index (χ1) is 9.00. The third-order valence-corrected chi connectivity index (χ3v) is 2.53. The molecule has 2 rings (SSSR count). The highest BCUT2D eigenvalue weighted by Crippen LogP contribution is 2.19. The first-order valence-corrected chi connectivity index (χ1v) is 5.34. The Bertz CT molecular complexity index is 631. The summed E-state index contributed by atoms with van der Waals surface area (Å²) in [6.45, 7) is 1.63. The highest BCUT2D eigenvalue weighted by Gasteiger charge is 2.21. The minimum Gasteiger partial charge on any atom is -0.477 e. The standard InChI is InChI=1S/C12H10FN3O3/c1-6-3-2-4-7(13)8(6)16-11(17)9-10(12(18)19)15-5-14-9/h2-5H,1H3,(H,14,15)(H,16,17)(H,18,19). The number of anilines is 1. The summed E-state index contributed by atoms with van der Waals surface area (Å²) in [6, 6.07) is 4.34. The summed E-state index contributed by atoms with van der Waals surface area (Å²) in [5.41, 5.74) is -0.103. The zero-order chi connectivity index (χ0) is 14.0. The molecule has 0 radical (unpaired) electrons. The molecule has 6 nitrogen and oxygen atoms in total. The van der Waals surface area contributed by atoms with Crippen molar-refractivity contribution in [2.24, 2.45) is 0 Å². The van der Waals surface area contributed by atoms with Crippen molar-refractivity contribution in [2.75, 3.05) is 5.32 Å². The molecular formula is C12H10FN3O3. The number of nitrogens with one attached hydrogen (secondary N) is 2. The minimum atomic E-state index is -1.31. The molecule has 1 amide bonds. The van der Waals surface area contributed by atoms with Crippen molar-refractivity contribution < 1.29 is 19.1 Å². The number of hydrogen-bond donors (Lipinski definition) is 3. The number of halogens is 1. The molecule has 0 aliphatic rings. The van der Waals surface area contributed by atoms with E-state index >= 15 is 0 Å². The van der Waals surface area contributed by atoms with E-state index in [2.05, 4.69) is 15.3 Å². The smallest absolute Gasteiger partial charge is 0.354 e. The topological polar surface area (TPSA) is 95.1 Å². The van der Waals surface area contributed by atoms with Gasteiger partial charge in [0.05, 0.1) is 12.0 Å². The van der Waals surface area contributed by atoms with E-state index < -0.39 is 17.7 Å².